The lowest BCUT2D eigenvalue weighted by atomic mass is 10.7. The fourth-order valence-corrected chi connectivity index (χ4v) is 0.813. The maximum Gasteiger partial charge on any atom is 0.330 e. The maximum atomic E-state index is 10.4. The standard InChI is InChI=1S/C6H10O2S2/c1-3-6(7)8-4-10-5(2)9/h3,5,9H,1,4H2,2H3. The molecular formula is C6H10O2S2. The lowest BCUT2D eigenvalue weighted by molar-refractivity contribution is -0.135. The molecular weight excluding hydrogens is 168 g/mol. The highest BCUT2D eigenvalue weighted by Gasteiger charge is 1.97. The molecule has 0 aliphatic carbocycles. The Morgan fingerprint density at radius 2 is 2.60 bits per heavy atom. The van der Waals surface area contributed by atoms with Crippen LogP contribution in [-0.4, -0.2) is 16.5 Å². The van der Waals surface area contributed by atoms with Gasteiger partial charge in [-0.1, -0.05) is 6.58 Å². The van der Waals surface area contributed by atoms with Crippen molar-refractivity contribution < 1.29 is 9.53 Å². The molecule has 0 aliphatic rings. The van der Waals surface area contributed by atoms with E-state index in [-0.39, 0.29) is 10.6 Å². The predicted molar refractivity (Wildman–Crippen MR) is 47.2 cm³/mol. The van der Waals surface area contributed by atoms with Crippen molar-refractivity contribution in [3.05, 3.63) is 12.7 Å². The van der Waals surface area contributed by atoms with Crippen molar-refractivity contribution >= 4 is 30.4 Å². The summed E-state index contributed by atoms with van der Waals surface area (Å²) in [7, 11) is 0. The number of rotatable bonds is 4. The maximum absolute atomic E-state index is 10.4. The smallest absolute Gasteiger partial charge is 0.330 e. The second-order valence-electron chi connectivity index (χ2n) is 1.55. The van der Waals surface area contributed by atoms with Crippen molar-refractivity contribution in [3.63, 3.8) is 0 Å². The summed E-state index contributed by atoms with van der Waals surface area (Å²) in [5, 5.41) is 0. The topological polar surface area (TPSA) is 26.3 Å². The van der Waals surface area contributed by atoms with E-state index >= 15 is 0 Å². The van der Waals surface area contributed by atoms with E-state index in [0.717, 1.165) is 6.08 Å². The molecule has 1 atom stereocenters. The first-order chi connectivity index (χ1) is 4.66. The first-order valence-corrected chi connectivity index (χ1v) is 4.32. The fraction of sp³-hybridized carbons (Fsp3) is 0.500. The summed E-state index contributed by atoms with van der Waals surface area (Å²) in [6.07, 6.45) is 1.14. The fourth-order valence-electron chi connectivity index (χ4n) is 0.249. The lowest BCUT2D eigenvalue weighted by Gasteiger charge is -2.02. The van der Waals surface area contributed by atoms with Crippen molar-refractivity contribution in [1.82, 2.24) is 0 Å². The van der Waals surface area contributed by atoms with Crippen molar-refractivity contribution in [2.75, 3.05) is 5.94 Å². The summed E-state index contributed by atoms with van der Waals surface area (Å²) < 4.78 is 4.85. The van der Waals surface area contributed by atoms with E-state index in [0.29, 0.717) is 5.94 Å². The zero-order valence-electron chi connectivity index (χ0n) is 5.74. The number of hydrogen-bond donors (Lipinski definition) is 1. The van der Waals surface area contributed by atoms with Crippen LogP contribution in [0.1, 0.15) is 6.92 Å². The molecule has 0 fully saturated rings. The molecule has 0 bridgehead atoms. The van der Waals surface area contributed by atoms with Crippen LogP contribution in [-0.2, 0) is 9.53 Å². The van der Waals surface area contributed by atoms with Crippen molar-refractivity contribution in [1.29, 1.82) is 0 Å². The van der Waals surface area contributed by atoms with E-state index < -0.39 is 0 Å². The number of ether oxygens (including phenoxy) is 1. The Hall–Kier alpha value is -0.0900. The highest BCUT2D eigenvalue weighted by atomic mass is 32.2. The minimum absolute atomic E-state index is 0.192. The minimum Gasteiger partial charge on any atom is -0.451 e. The lowest BCUT2D eigenvalue weighted by Crippen LogP contribution is -2.00. The van der Waals surface area contributed by atoms with Crippen molar-refractivity contribution in [2.24, 2.45) is 0 Å². The average molecular weight is 178 g/mol. The van der Waals surface area contributed by atoms with Gasteiger partial charge in [0.15, 0.2) is 0 Å². The Morgan fingerprint density at radius 1 is 2.00 bits per heavy atom. The van der Waals surface area contributed by atoms with E-state index in [1.807, 2.05) is 6.92 Å². The van der Waals surface area contributed by atoms with E-state index in [1.165, 1.54) is 11.8 Å². The van der Waals surface area contributed by atoms with Crippen LogP contribution in [0.5, 0.6) is 0 Å². The minimum atomic E-state index is -0.388. The molecule has 0 aliphatic heterocycles. The molecule has 4 heteroatoms. The molecule has 1 unspecified atom stereocenters. The monoisotopic (exact) mass is 178 g/mol. The van der Waals surface area contributed by atoms with Gasteiger partial charge in [-0.2, -0.15) is 12.6 Å². The van der Waals surface area contributed by atoms with Gasteiger partial charge in [0.2, 0.25) is 0 Å². The van der Waals surface area contributed by atoms with Crippen LogP contribution < -0.4 is 0 Å². The second kappa shape index (κ2) is 5.68. The van der Waals surface area contributed by atoms with Crippen LogP contribution in [0.15, 0.2) is 12.7 Å². The first-order valence-electron chi connectivity index (χ1n) is 2.75. The van der Waals surface area contributed by atoms with Crippen LogP contribution in [0.25, 0.3) is 0 Å². The van der Waals surface area contributed by atoms with E-state index in [2.05, 4.69) is 23.9 Å². The third kappa shape index (κ3) is 6.04. The van der Waals surface area contributed by atoms with Gasteiger partial charge in [0.25, 0.3) is 0 Å². The third-order valence-electron chi connectivity index (χ3n) is 0.677. The van der Waals surface area contributed by atoms with Gasteiger partial charge in [0.05, 0.1) is 0 Å². The highest BCUT2D eigenvalue weighted by molar-refractivity contribution is 8.10. The van der Waals surface area contributed by atoms with Gasteiger partial charge in [-0.25, -0.2) is 4.79 Å². The summed E-state index contributed by atoms with van der Waals surface area (Å²) in [6.45, 7) is 5.17. The molecule has 0 aromatic heterocycles. The van der Waals surface area contributed by atoms with Gasteiger partial charge in [0.1, 0.15) is 5.94 Å². The molecule has 0 radical (unpaired) electrons. The molecule has 58 valence electrons. The first kappa shape index (κ1) is 9.91. The summed E-state index contributed by atoms with van der Waals surface area (Å²) in [5.41, 5.74) is 0. The Kier molecular flexibility index (Phi) is 5.63. The molecule has 0 aromatic rings. The van der Waals surface area contributed by atoms with Crippen LogP contribution in [0.3, 0.4) is 0 Å². The summed E-state index contributed by atoms with van der Waals surface area (Å²) in [4.78, 5) is 10.4. The Balaban J connectivity index is 3.19. The number of esters is 1. The SMILES string of the molecule is C=CC(=O)OCSC(C)S. The zero-order chi connectivity index (χ0) is 7.98. The molecule has 0 saturated heterocycles. The third-order valence-corrected chi connectivity index (χ3v) is 1.86. The van der Waals surface area contributed by atoms with Crippen molar-refractivity contribution in [2.45, 2.75) is 11.5 Å². The number of carbonyl (C=O) groups is 1. The number of carbonyl (C=O) groups excluding carboxylic acids is 1. The van der Waals surface area contributed by atoms with E-state index in [1.54, 1.807) is 0 Å². The van der Waals surface area contributed by atoms with E-state index in [4.69, 9.17) is 0 Å². The predicted octanol–water partition coefficient (Wildman–Crippen LogP) is 1.68. The zero-order valence-corrected chi connectivity index (χ0v) is 7.45. The number of hydrogen-bond acceptors (Lipinski definition) is 4. The molecule has 0 aromatic carbocycles. The molecule has 10 heavy (non-hydrogen) atoms. The average Bonchev–Trinajstić information content (AvgIpc) is 1.87. The highest BCUT2D eigenvalue weighted by Crippen LogP contribution is 2.12. The number of thioether (sulfide) groups is 1. The molecule has 0 rings (SSSR count). The van der Waals surface area contributed by atoms with Crippen LogP contribution >= 0.6 is 24.4 Å². The molecule has 0 saturated carbocycles. The van der Waals surface area contributed by atoms with Gasteiger partial charge in [-0.05, 0) is 6.92 Å². The molecule has 2 nitrogen and oxygen atoms in total. The molecule has 0 N–H and O–H groups in total. The van der Waals surface area contributed by atoms with Gasteiger partial charge < -0.3 is 4.74 Å². The Labute approximate surface area is 70.4 Å². The van der Waals surface area contributed by atoms with E-state index in [9.17, 15) is 4.79 Å². The largest absolute Gasteiger partial charge is 0.451 e. The Bertz CT molecular complexity index is 123. The van der Waals surface area contributed by atoms with Gasteiger partial charge in [-0.15, -0.1) is 11.8 Å². The normalized spacial score (nSPS) is 12.2. The quantitative estimate of drug-likeness (QED) is 0.307. The number of thiol groups is 1. The van der Waals surface area contributed by atoms with Gasteiger partial charge >= 0.3 is 5.97 Å². The summed E-state index contributed by atoms with van der Waals surface area (Å²) in [5.74, 6) is -0.0447. The molecule has 0 spiro atoms. The molecule has 0 amide bonds. The van der Waals surface area contributed by atoms with Gasteiger partial charge in [0, 0.05) is 10.7 Å². The molecule has 0 heterocycles. The van der Waals surface area contributed by atoms with Crippen LogP contribution in [0.2, 0.25) is 0 Å². The van der Waals surface area contributed by atoms with Crippen LogP contribution in [0, 0.1) is 0 Å². The van der Waals surface area contributed by atoms with Gasteiger partial charge in [-0.3, -0.25) is 0 Å². The van der Waals surface area contributed by atoms with Crippen LogP contribution in [0.4, 0.5) is 0 Å². The Morgan fingerprint density at radius 3 is 3.00 bits per heavy atom. The second-order valence-corrected chi connectivity index (χ2v) is 3.95. The summed E-state index contributed by atoms with van der Waals surface area (Å²) in [6, 6.07) is 0. The summed E-state index contributed by atoms with van der Waals surface area (Å²) >= 11 is 5.52. The van der Waals surface area contributed by atoms with Crippen molar-refractivity contribution in [3.8, 4) is 0 Å².